The highest BCUT2D eigenvalue weighted by molar-refractivity contribution is 7.99. The fraction of sp³-hybridized carbons (Fsp3) is 0.318. The Hall–Kier alpha value is -2.36. The molecule has 0 N–H and O–H groups in total. The zero-order valence-electron chi connectivity index (χ0n) is 17.7. The monoisotopic (exact) mass is 490 g/mol. The molecule has 4 rings (SSSR count). The van der Waals surface area contributed by atoms with Gasteiger partial charge in [0, 0.05) is 29.4 Å². The first-order chi connectivity index (χ1) is 15.2. The number of aryl methyl sites for hydroxylation is 1. The standard InChI is InChI=1S/C22H23ClN4O3S2/c1-15-3-5-16(6-4-15)21-24-25-22(27(21)18-9-7-17(23)8-10-18)31-13-20(28)26(2)19-11-12-32(29,30)14-19/h3-10,19H,11-14H2,1-2H3. The molecule has 1 atom stereocenters. The summed E-state index contributed by atoms with van der Waals surface area (Å²) < 4.78 is 25.4. The Balaban J connectivity index is 1.59. The lowest BCUT2D eigenvalue weighted by Gasteiger charge is -2.23. The van der Waals surface area contributed by atoms with Crippen molar-refractivity contribution in [2.45, 2.75) is 24.5 Å². The summed E-state index contributed by atoms with van der Waals surface area (Å²) in [4.78, 5) is 14.3. The number of sulfone groups is 1. The maximum Gasteiger partial charge on any atom is 0.233 e. The molecule has 0 aliphatic carbocycles. The maximum atomic E-state index is 12.8. The fourth-order valence-corrected chi connectivity index (χ4v) is 6.36. The van der Waals surface area contributed by atoms with Crippen LogP contribution in [0.1, 0.15) is 12.0 Å². The van der Waals surface area contributed by atoms with Gasteiger partial charge in [-0.15, -0.1) is 10.2 Å². The zero-order valence-corrected chi connectivity index (χ0v) is 20.1. The number of aromatic nitrogens is 3. The van der Waals surface area contributed by atoms with Gasteiger partial charge in [0.2, 0.25) is 5.91 Å². The summed E-state index contributed by atoms with van der Waals surface area (Å²) in [7, 11) is -1.39. The van der Waals surface area contributed by atoms with Gasteiger partial charge in [-0.3, -0.25) is 9.36 Å². The first kappa shape index (κ1) is 22.8. The van der Waals surface area contributed by atoms with Crippen LogP contribution in [0, 0.1) is 6.92 Å². The molecule has 1 saturated heterocycles. The Morgan fingerprint density at radius 1 is 1.16 bits per heavy atom. The molecule has 1 amide bonds. The van der Waals surface area contributed by atoms with Gasteiger partial charge in [0.25, 0.3) is 0 Å². The minimum atomic E-state index is -3.06. The van der Waals surface area contributed by atoms with E-state index in [4.69, 9.17) is 11.6 Å². The lowest BCUT2D eigenvalue weighted by molar-refractivity contribution is -0.128. The van der Waals surface area contributed by atoms with Crippen LogP contribution in [0.3, 0.4) is 0 Å². The topological polar surface area (TPSA) is 85.2 Å². The molecule has 7 nitrogen and oxygen atoms in total. The van der Waals surface area contributed by atoms with Crippen LogP contribution in [0.4, 0.5) is 0 Å². The number of rotatable bonds is 6. The Kier molecular flexibility index (Phi) is 6.60. The largest absolute Gasteiger partial charge is 0.341 e. The second-order valence-electron chi connectivity index (χ2n) is 7.83. The van der Waals surface area contributed by atoms with E-state index in [-0.39, 0.29) is 29.2 Å². The second kappa shape index (κ2) is 9.25. The van der Waals surface area contributed by atoms with E-state index in [0.29, 0.717) is 22.4 Å². The van der Waals surface area contributed by atoms with E-state index in [1.54, 1.807) is 24.1 Å². The number of carbonyl (C=O) groups excluding carboxylic acids is 1. The summed E-state index contributed by atoms with van der Waals surface area (Å²) in [6, 6.07) is 15.1. The predicted molar refractivity (Wildman–Crippen MR) is 127 cm³/mol. The Morgan fingerprint density at radius 2 is 1.84 bits per heavy atom. The van der Waals surface area contributed by atoms with Crippen molar-refractivity contribution in [3.63, 3.8) is 0 Å². The van der Waals surface area contributed by atoms with E-state index in [0.717, 1.165) is 16.8 Å². The van der Waals surface area contributed by atoms with Gasteiger partial charge in [-0.25, -0.2) is 8.42 Å². The average molecular weight is 491 g/mol. The van der Waals surface area contributed by atoms with E-state index in [1.807, 2.05) is 47.9 Å². The fourth-order valence-electron chi connectivity index (χ4n) is 3.59. The summed E-state index contributed by atoms with van der Waals surface area (Å²) in [5, 5.41) is 9.93. The van der Waals surface area contributed by atoms with Gasteiger partial charge < -0.3 is 4.90 Å². The third-order valence-corrected chi connectivity index (χ3v) is 8.42. The number of thioether (sulfide) groups is 1. The number of carbonyl (C=O) groups is 1. The summed E-state index contributed by atoms with van der Waals surface area (Å²) in [5.74, 6) is 0.815. The normalized spacial score (nSPS) is 17.4. The first-order valence-corrected chi connectivity index (χ1v) is 13.3. The van der Waals surface area contributed by atoms with Crippen molar-refractivity contribution < 1.29 is 13.2 Å². The molecule has 10 heteroatoms. The van der Waals surface area contributed by atoms with Gasteiger partial charge in [-0.05, 0) is 37.6 Å². The Labute approximate surface area is 196 Å². The van der Waals surface area contributed by atoms with Crippen LogP contribution in [0.25, 0.3) is 17.1 Å². The summed E-state index contributed by atoms with van der Waals surface area (Å²) in [6.45, 7) is 2.02. The van der Waals surface area contributed by atoms with E-state index in [9.17, 15) is 13.2 Å². The van der Waals surface area contributed by atoms with Crippen LogP contribution in [0.5, 0.6) is 0 Å². The molecule has 1 fully saturated rings. The number of halogens is 1. The molecule has 1 unspecified atom stereocenters. The van der Waals surface area contributed by atoms with E-state index >= 15 is 0 Å². The Bertz CT molecular complexity index is 1230. The molecule has 0 radical (unpaired) electrons. The summed E-state index contributed by atoms with van der Waals surface area (Å²) in [5.41, 5.74) is 2.88. The molecule has 1 aromatic heterocycles. The van der Waals surface area contributed by atoms with Crippen molar-refractivity contribution >= 4 is 39.1 Å². The predicted octanol–water partition coefficient (Wildman–Crippen LogP) is 3.63. The third-order valence-electron chi connectivity index (χ3n) is 5.50. The molecule has 1 aliphatic rings. The molecule has 2 aromatic carbocycles. The highest BCUT2D eigenvalue weighted by Crippen LogP contribution is 2.29. The number of hydrogen-bond donors (Lipinski definition) is 0. The van der Waals surface area contributed by atoms with Crippen LogP contribution in [-0.2, 0) is 14.6 Å². The van der Waals surface area contributed by atoms with E-state index in [2.05, 4.69) is 10.2 Å². The van der Waals surface area contributed by atoms with Crippen molar-refractivity contribution in [1.29, 1.82) is 0 Å². The van der Waals surface area contributed by atoms with Gasteiger partial charge >= 0.3 is 0 Å². The molecule has 32 heavy (non-hydrogen) atoms. The van der Waals surface area contributed by atoms with Gasteiger partial charge in [0.1, 0.15) is 0 Å². The lowest BCUT2D eigenvalue weighted by Crippen LogP contribution is -2.38. The second-order valence-corrected chi connectivity index (χ2v) is 11.4. The molecule has 0 spiro atoms. The molecular formula is C22H23ClN4O3S2. The van der Waals surface area contributed by atoms with E-state index in [1.165, 1.54) is 11.8 Å². The molecule has 2 heterocycles. The lowest BCUT2D eigenvalue weighted by atomic mass is 10.1. The number of hydrogen-bond acceptors (Lipinski definition) is 6. The molecular weight excluding hydrogens is 468 g/mol. The van der Waals surface area contributed by atoms with Crippen LogP contribution < -0.4 is 0 Å². The first-order valence-electron chi connectivity index (χ1n) is 10.1. The molecule has 0 bridgehead atoms. The summed E-state index contributed by atoms with van der Waals surface area (Å²) in [6.07, 6.45) is 0.480. The Morgan fingerprint density at radius 3 is 2.47 bits per heavy atom. The maximum absolute atomic E-state index is 12.8. The molecule has 1 aliphatic heterocycles. The molecule has 0 saturated carbocycles. The summed E-state index contributed by atoms with van der Waals surface area (Å²) >= 11 is 7.34. The number of nitrogens with zero attached hydrogens (tertiary/aromatic N) is 4. The van der Waals surface area contributed by atoms with Crippen molar-refractivity contribution in [3.05, 3.63) is 59.1 Å². The highest BCUT2D eigenvalue weighted by atomic mass is 35.5. The van der Waals surface area contributed by atoms with Crippen molar-refractivity contribution in [2.24, 2.45) is 0 Å². The quantitative estimate of drug-likeness (QED) is 0.490. The van der Waals surface area contributed by atoms with Crippen LogP contribution in [0.15, 0.2) is 53.7 Å². The average Bonchev–Trinajstić information content (AvgIpc) is 3.35. The zero-order chi connectivity index (χ0) is 22.9. The van der Waals surface area contributed by atoms with Crippen LogP contribution >= 0.6 is 23.4 Å². The van der Waals surface area contributed by atoms with Crippen LogP contribution in [0.2, 0.25) is 5.02 Å². The SMILES string of the molecule is Cc1ccc(-c2nnc(SCC(=O)N(C)C3CCS(=O)(=O)C3)n2-c2ccc(Cl)cc2)cc1. The van der Waals surface area contributed by atoms with Crippen molar-refractivity contribution in [1.82, 2.24) is 19.7 Å². The number of benzene rings is 2. The van der Waals surface area contributed by atoms with Gasteiger partial charge in [0.15, 0.2) is 20.8 Å². The van der Waals surface area contributed by atoms with E-state index < -0.39 is 9.84 Å². The van der Waals surface area contributed by atoms with Gasteiger partial charge in [0.05, 0.1) is 17.3 Å². The molecule has 3 aromatic rings. The smallest absolute Gasteiger partial charge is 0.233 e. The van der Waals surface area contributed by atoms with Gasteiger partial charge in [-0.2, -0.15) is 0 Å². The minimum absolute atomic E-state index is 0.0262. The highest BCUT2D eigenvalue weighted by Gasteiger charge is 2.32. The number of amides is 1. The molecule has 168 valence electrons. The third kappa shape index (κ3) is 5.00. The van der Waals surface area contributed by atoms with Crippen molar-refractivity contribution in [2.75, 3.05) is 24.3 Å². The minimum Gasteiger partial charge on any atom is -0.341 e. The van der Waals surface area contributed by atoms with Gasteiger partial charge in [-0.1, -0.05) is 53.2 Å². The van der Waals surface area contributed by atoms with Crippen LogP contribution in [-0.4, -0.2) is 64.3 Å². The van der Waals surface area contributed by atoms with Crippen molar-refractivity contribution in [3.8, 4) is 17.1 Å².